The van der Waals surface area contributed by atoms with Crippen LogP contribution >= 0.6 is 15.9 Å². The highest BCUT2D eigenvalue weighted by atomic mass is 79.9. The Morgan fingerprint density at radius 3 is 2.72 bits per heavy atom. The van der Waals surface area contributed by atoms with Crippen molar-refractivity contribution < 1.29 is 19.1 Å². The van der Waals surface area contributed by atoms with E-state index in [1.807, 2.05) is 0 Å². The van der Waals surface area contributed by atoms with E-state index in [0.29, 0.717) is 10.9 Å². The standard InChI is InChI=1S/C12H13BrFNO3/c1-2-8(6-11(16)17)15-12(18)9-5-7(13)3-4-10(9)14/h3-5,8H,2,6H2,1H3,(H,15,18)(H,16,17). The monoisotopic (exact) mass is 317 g/mol. The number of nitrogens with one attached hydrogen (secondary N) is 1. The molecule has 0 aliphatic heterocycles. The van der Waals surface area contributed by atoms with Gasteiger partial charge in [0.15, 0.2) is 0 Å². The van der Waals surface area contributed by atoms with Crippen LogP contribution in [0.3, 0.4) is 0 Å². The number of rotatable bonds is 5. The van der Waals surface area contributed by atoms with Crippen molar-refractivity contribution in [3.8, 4) is 0 Å². The van der Waals surface area contributed by atoms with Crippen LogP contribution in [0.25, 0.3) is 0 Å². The van der Waals surface area contributed by atoms with Gasteiger partial charge in [0.05, 0.1) is 12.0 Å². The Labute approximate surface area is 112 Å². The number of halogens is 2. The van der Waals surface area contributed by atoms with Crippen LogP contribution in [-0.4, -0.2) is 23.0 Å². The van der Waals surface area contributed by atoms with Crippen LogP contribution in [0.15, 0.2) is 22.7 Å². The van der Waals surface area contributed by atoms with Crippen LogP contribution in [0, 0.1) is 5.82 Å². The van der Waals surface area contributed by atoms with Gasteiger partial charge in [0.25, 0.3) is 5.91 Å². The van der Waals surface area contributed by atoms with Crippen LogP contribution in [0.2, 0.25) is 0 Å². The zero-order valence-electron chi connectivity index (χ0n) is 9.74. The predicted octanol–water partition coefficient (Wildman–Crippen LogP) is 2.57. The normalized spacial score (nSPS) is 11.9. The molecule has 1 aromatic rings. The van der Waals surface area contributed by atoms with Crippen molar-refractivity contribution in [2.45, 2.75) is 25.8 Å². The Balaban J connectivity index is 2.80. The second kappa shape index (κ2) is 6.49. The number of carboxylic acids is 1. The van der Waals surface area contributed by atoms with Gasteiger partial charge < -0.3 is 10.4 Å². The molecule has 0 radical (unpaired) electrons. The first kappa shape index (κ1) is 14.6. The van der Waals surface area contributed by atoms with E-state index in [0.717, 1.165) is 0 Å². The molecule has 0 aromatic heterocycles. The summed E-state index contributed by atoms with van der Waals surface area (Å²) >= 11 is 3.15. The van der Waals surface area contributed by atoms with Crippen LogP contribution in [0.4, 0.5) is 4.39 Å². The predicted molar refractivity (Wildman–Crippen MR) is 67.9 cm³/mol. The van der Waals surface area contributed by atoms with Gasteiger partial charge in [0.1, 0.15) is 5.82 Å². The highest BCUT2D eigenvalue weighted by molar-refractivity contribution is 9.10. The van der Waals surface area contributed by atoms with Gasteiger partial charge in [-0.3, -0.25) is 9.59 Å². The minimum atomic E-state index is -1.00. The maximum atomic E-state index is 13.4. The maximum absolute atomic E-state index is 13.4. The number of amides is 1. The topological polar surface area (TPSA) is 66.4 Å². The van der Waals surface area contributed by atoms with Gasteiger partial charge in [-0.25, -0.2) is 4.39 Å². The van der Waals surface area contributed by atoms with Gasteiger partial charge in [-0.1, -0.05) is 22.9 Å². The molecule has 18 heavy (non-hydrogen) atoms. The Bertz CT molecular complexity index is 465. The van der Waals surface area contributed by atoms with Gasteiger partial charge in [-0.05, 0) is 24.6 Å². The molecule has 0 aliphatic carbocycles. The van der Waals surface area contributed by atoms with E-state index in [4.69, 9.17) is 5.11 Å². The van der Waals surface area contributed by atoms with Crippen LogP contribution in [-0.2, 0) is 4.79 Å². The summed E-state index contributed by atoms with van der Waals surface area (Å²) < 4.78 is 14.0. The summed E-state index contributed by atoms with van der Waals surface area (Å²) in [7, 11) is 0. The summed E-state index contributed by atoms with van der Waals surface area (Å²) in [6.45, 7) is 1.76. The molecule has 1 aromatic carbocycles. The van der Waals surface area contributed by atoms with E-state index in [1.54, 1.807) is 6.92 Å². The first-order chi connectivity index (χ1) is 8.43. The highest BCUT2D eigenvalue weighted by Gasteiger charge is 2.17. The van der Waals surface area contributed by atoms with E-state index < -0.39 is 23.7 Å². The second-order valence-electron chi connectivity index (χ2n) is 3.80. The summed E-state index contributed by atoms with van der Waals surface area (Å²) in [5, 5.41) is 11.2. The van der Waals surface area contributed by atoms with E-state index in [9.17, 15) is 14.0 Å². The van der Waals surface area contributed by atoms with Gasteiger partial charge in [-0.15, -0.1) is 0 Å². The number of carbonyl (C=O) groups excluding carboxylic acids is 1. The Hall–Kier alpha value is -1.43. The molecule has 0 spiro atoms. The largest absolute Gasteiger partial charge is 0.481 e. The second-order valence-corrected chi connectivity index (χ2v) is 4.72. The smallest absolute Gasteiger partial charge is 0.305 e. The van der Waals surface area contributed by atoms with E-state index in [2.05, 4.69) is 21.2 Å². The molecule has 6 heteroatoms. The van der Waals surface area contributed by atoms with E-state index >= 15 is 0 Å². The lowest BCUT2D eigenvalue weighted by Crippen LogP contribution is -2.36. The zero-order chi connectivity index (χ0) is 13.7. The maximum Gasteiger partial charge on any atom is 0.305 e. The molecule has 4 nitrogen and oxygen atoms in total. The average molecular weight is 318 g/mol. The number of carbonyl (C=O) groups is 2. The quantitative estimate of drug-likeness (QED) is 0.877. The van der Waals surface area contributed by atoms with Gasteiger partial charge in [0.2, 0.25) is 0 Å². The molecule has 2 N–H and O–H groups in total. The zero-order valence-corrected chi connectivity index (χ0v) is 11.3. The van der Waals surface area contributed by atoms with Crippen molar-refractivity contribution in [3.63, 3.8) is 0 Å². The molecule has 0 saturated heterocycles. The molecule has 1 amide bonds. The minimum Gasteiger partial charge on any atom is -0.481 e. The number of hydrogen-bond acceptors (Lipinski definition) is 2. The van der Waals surface area contributed by atoms with Crippen molar-refractivity contribution in [3.05, 3.63) is 34.1 Å². The van der Waals surface area contributed by atoms with Crippen molar-refractivity contribution in [2.24, 2.45) is 0 Å². The third-order valence-corrected chi connectivity index (χ3v) is 2.92. The molecule has 1 unspecified atom stereocenters. The lowest BCUT2D eigenvalue weighted by Gasteiger charge is -2.15. The van der Waals surface area contributed by atoms with Crippen molar-refractivity contribution >= 4 is 27.8 Å². The first-order valence-corrected chi connectivity index (χ1v) is 6.21. The first-order valence-electron chi connectivity index (χ1n) is 5.41. The van der Waals surface area contributed by atoms with E-state index in [-0.39, 0.29) is 12.0 Å². The summed E-state index contributed by atoms with van der Waals surface area (Å²) in [6.07, 6.45) is 0.283. The number of benzene rings is 1. The Kier molecular flexibility index (Phi) is 5.27. The summed E-state index contributed by atoms with van der Waals surface area (Å²) in [6, 6.07) is 3.52. The molecular formula is C12H13BrFNO3. The lowest BCUT2D eigenvalue weighted by atomic mass is 10.1. The fraction of sp³-hybridized carbons (Fsp3) is 0.333. The van der Waals surface area contributed by atoms with Crippen LogP contribution in [0.1, 0.15) is 30.1 Å². The van der Waals surface area contributed by atoms with Crippen molar-refractivity contribution in [1.29, 1.82) is 0 Å². The minimum absolute atomic E-state index is 0.104. The van der Waals surface area contributed by atoms with Gasteiger partial charge >= 0.3 is 5.97 Å². The van der Waals surface area contributed by atoms with Gasteiger partial charge in [-0.2, -0.15) is 0 Å². The molecule has 0 heterocycles. The lowest BCUT2D eigenvalue weighted by molar-refractivity contribution is -0.137. The molecule has 0 saturated carbocycles. The van der Waals surface area contributed by atoms with Crippen LogP contribution < -0.4 is 5.32 Å². The third-order valence-electron chi connectivity index (χ3n) is 2.42. The van der Waals surface area contributed by atoms with Gasteiger partial charge in [0, 0.05) is 10.5 Å². The molecule has 1 atom stereocenters. The summed E-state index contributed by atoms with van der Waals surface area (Å²) in [5.41, 5.74) is -0.104. The molecule has 0 aliphatic rings. The molecule has 0 bridgehead atoms. The Morgan fingerprint density at radius 2 is 2.17 bits per heavy atom. The Morgan fingerprint density at radius 1 is 1.50 bits per heavy atom. The molecule has 1 rings (SSSR count). The number of carboxylic acid groups (broad SMARTS) is 1. The van der Waals surface area contributed by atoms with Crippen LogP contribution in [0.5, 0.6) is 0 Å². The molecular weight excluding hydrogens is 305 g/mol. The SMILES string of the molecule is CCC(CC(=O)O)NC(=O)c1cc(Br)ccc1F. The summed E-state index contributed by atoms with van der Waals surface area (Å²) in [5.74, 6) is -2.25. The number of hydrogen-bond donors (Lipinski definition) is 2. The van der Waals surface area contributed by atoms with Crippen molar-refractivity contribution in [1.82, 2.24) is 5.32 Å². The fourth-order valence-electron chi connectivity index (χ4n) is 1.44. The number of aliphatic carboxylic acids is 1. The third kappa shape index (κ3) is 4.10. The highest BCUT2D eigenvalue weighted by Crippen LogP contribution is 2.15. The van der Waals surface area contributed by atoms with Crippen molar-refractivity contribution in [2.75, 3.05) is 0 Å². The average Bonchev–Trinajstić information content (AvgIpc) is 2.30. The molecule has 0 fully saturated rings. The summed E-state index contributed by atoms with van der Waals surface area (Å²) in [4.78, 5) is 22.4. The fourth-order valence-corrected chi connectivity index (χ4v) is 1.80. The molecule has 98 valence electrons. The van der Waals surface area contributed by atoms with E-state index in [1.165, 1.54) is 18.2 Å².